The molecule has 16 heavy (non-hydrogen) atoms. The minimum Gasteiger partial charge on any atom is -0.302 e. The summed E-state index contributed by atoms with van der Waals surface area (Å²) < 4.78 is 37.1. The second-order valence-corrected chi connectivity index (χ2v) is 3.74. The first-order valence-corrected chi connectivity index (χ1v) is 4.66. The Bertz CT molecular complexity index is 385. The van der Waals surface area contributed by atoms with Crippen LogP contribution in [0.1, 0.15) is 15.9 Å². The van der Waals surface area contributed by atoms with Crippen molar-refractivity contribution in [1.82, 2.24) is 4.90 Å². The number of hydrogen-bond donors (Lipinski definition) is 0. The van der Waals surface area contributed by atoms with E-state index in [1.165, 1.54) is 12.1 Å². The van der Waals surface area contributed by atoms with E-state index in [4.69, 9.17) is 0 Å². The zero-order chi connectivity index (χ0) is 12.3. The minimum atomic E-state index is -4.41. The van der Waals surface area contributed by atoms with Gasteiger partial charge in [-0.15, -0.1) is 0 Å². The fourth-order valence-electron chi connectivity index (χ4n) is 1.25. The first kappa shape index (κ1) is 12.7. The van der Waals surface area contributed by atoms with E-state index in [1.807, 2.05) is 0 Å². The van der Waals surface area contributed by atoms with Gasteiger partial charge < -0.3 is 4.90 Å². The zero-order valence-electron chi connectivity index (χ0n) is 9.01. The summed E-state index contributed by atoms with van der Waals surface area (Å²) in [6.07, 6.45) is -4.41. The lowest BCUT2D eigenvalue weighted by atomic mass is 10.1. The van der Waals surface area contributed by atoms with Gasteiger partial charge in [0.05, 0.1) is 12.1 Å². The maximum absolute atomic E-state index is 12.4. The molecule has 88 valence electrons. The Balaban J connectivity index is 2.95. The Labute approximate surface area is 91.7 Å². The van der Waals surface area contributed by atoms with Crippen LogP contribution < -0.4 is 0 Å². The van der Waals surface area contributed by atoms with Crippen LogP contribution in [-0.2, 0) is 6.18 Å². The van der Waals surface area contributed by atoms with Gasteiger partial charge in [0.25, 0.3) is 0 Å². The lowest BCUT2D eigenvalue weighted by molar-refractivity contribution is -0.137. The predicted molar refractivity (Wildman–Crippen MR) is 54.3 cm³/mol. The third-order valence-corrected chi connectivity index (χ3v) is 1.97. The van der Waals surface area contributed by atoms with Gasteiger partial charge in [0.2, 0.25) is 0 Å². The monoisotopic (exact) mass is 231 g/mol. The van der Waals surface area contributed by atoms with E-state index < -0.39 is 11.7 Å². The number of Topliss-reactive ketones (excluding diaryl/α,β-unsaturated/α-hetero) is 1. The van der Waals surface area contributed by atoms with E-state index in [2.05, 4.69) is 0 Å². The number of benzene rings is 1. The molecule has 0 saturated heterocycles. The number of carbonyl (C=O) groups is 1. The average Bonchev–Trinajstić information content (AvgIpc) is 2.15. The van der Waals surface area contributed by atoms with Gasteiger partial charge in [-0.05, 0) is 26.2 Å². The Hall–Kier alpha value is -1.36. The standard InChI is InChI=1S/C11H12F3NO/c1-15(2)7-10(16)8-4-3-5-9(6-8)11(12,13)14/h3-6H,7H2,1-2H3. The van der Waals surface area contributed by atoms with Gasteiger partial charge in [0, 0.05) is 5.56 Å². The lowest BCUT2D eigenvalue weighted by Gasteiger charge is -2.10. The molecule has 0 aliphatic carbocycles. The molecule has 0 heterocycles. The summed E-state index contributed by atoms with van der Waals surface area (Å²) in [7, 11) is 3.37. The second-order valence-electron chi connectivity index (χ2n) is 3.74. The smallest absolute Gasteiger partial charge is 0.302 e. The van der Waals surface area contributed by atoms with Gasteiger partial charge in [-0.25, -0.2) is 0 Å². The Morgan fingerprint density at radius 2 is 1.94 bits per heavy atom. The van der Waals surface area contributed by atoms with Crippen molar-refractivity contribution in [1.29, 1.82) is 0 Å². The normalized spacial score (nSPS) is 11.9. The zero-order valence-corrected chi connectivity index (χ0v) is 9.01. The minimum absolute atomic E-state index is 0.0866. The van der Waals surface area contributed by atoms with Crippen molar-refractivity contribution in [2.24, 2.45) is 0 Å². The van der Waals surface area contributed by atoms with E-state index in [0.29, 0.717) is 0 Å². The van der Waals surface area contributed by atoms with Crippen molar-refractivity contribution in [3.63, 3.8) is 0 Å². The SMILES string of the molecule is CN(C)CC(=O)c1cccc(C(F)(F)F)c1. The van der Waals surface area contributed by atoms with E-state index in [-0.39, 0.29) is 17.9 Å². The first-order chi connectivity index (χ1) is 7.30. The van der Waals surface area contributed by atoms with Crippen molar-refractivity contribution in [3.05, 3.63) is 35.4 Å². The quantitative estimate of drug-likeness (QED) is 0.745. The molecular weight excluding hydrogens is 219 g/mol. The Morgan fingerprint density at radius 3 is 2.44 bits per heavy atom. The predicted octanol–water partition coefficient (Wildman–Crippen LogP) is 2.45. The van der Waals surface area contributed by atoms with Gasteiger partial charge in [-0.2, -0.15) is 13.2 Å². The highest BCUT2D eigenvalue weighted by Gasteiger charge is 2.30. The highest BCUT2D eigenvalue weighted by Crippen LogP contribution is 2.29. The van der Waals surface area contributed by atoms with Crippen LogP contribution >= 0.6 is 0 Å². The molecule has 0 amide bonds. The van der Waals surface area contributed by atoms with Crippen LogP contribution in [0.2, 0.25) is 0 Å². The molecular formula is C11H12F3NO. The summed E-state index contributed by atoms with van der Waals surface area (Å²) in [6.45, 7) is 0.0985. The van der Waals surface area contributed by atoms with Gasteiger partial charge >= 0.3 is 6.18 Å². The molecule has 0 aromatic heterocycles. The molecule has 0 saturated carbocycles. The number of alkyl halides is 3. The largest absolute Gasteiger partial charge is 0.416 e. The number of carbonyl (C=O) groups excluding carboxylic acids is 1. The number of nitrogens with zero attached hydrogens (tertiary/aromatic N) is 1. The van der Waals surface area contributed by atoms with Crippen molar-refractivity contribution < 1.29 is 18.0 Å². The molecule has 5 heteroatoms. The van der Waals surface area contributed by atoms with Crippen LogP contribution in [0.5, 0.6) is 0 Å². The summed E-state index contributed by atoms with van der Waals surface area (Å²) in [5.41, 5.74) is -0.708. The summed E-state index contributed by atoms with van der Waals surface area (Å²) in [6, 6.07) is 4.46. The molecule has 2 nitrogen and oxygen atoms in total. The van der Waals surface area contributed by atoms with Crippen molar-refractivity contribution in [3.8, 4) is 0 Å². The third-order valence-electron chi connectivity index (χ3n) is 1.97. The highest BCUT2D eigenvalue weighted by molar-refractivity contribution is 5.97. The summed E-state index contributed by atoms with van der Waals surface area (Å²) in [4.78, 5) is 13.1. The second kappa shape index (κ2) is 4.65. The molecule has 0 spiro atoms. The molecule has 0 unspecified atom stereocenters. The number of likely N-dealkylation sites (N-methyl/N-ethyl adjacent to an activating group) is 1. The molecule has 0 bridgehead atoms. The van der Waals surface area contributed by atoms with Crippen molar-refractivity contribution in [2.75, 3.05) is 20.6 Å². The first-order valence-electron chi connectivity index (χ1n) is 4.66. The van der Waals surface area contributed by atoms with Crippen LogP contribution in [0.15, 0.2) is 24.3 Å². The van der Waals surface area contributed by atoms with Crippen LogP contribution in [0.25, 0.3) is 0 Å². The van der Waals surface area contributed by atoms with E-state index in [1.54, 1.807) is 19.0 Å². The Morgan fingerprint density at radius 1 is 1.31 bits per heavy atom. The van der Waals surface area contributed by atoms with Gasteiger partial charge in [0.1, 0.15) is 0 Å². The molecule has 0 atom stereocenters. The molecule has 1 aromatic rings. The maximum atomic E-state index is 12.4. The Kier molecular flexibility index (Phi) is 3.70. The molecule has 0 aliphatic heterocycles. The number of halogens is 3. The molecule has 0 aliphatic rings. The van der Waals surface area contributed by atoms with Crippen LogP contribution in [0, 0.1) is 0 Å². The molecule has 0 fully saturated rings. The number of hydrogen-bond acceptors (Lipinski definition) is 2. The molecule has 0 radical (unpaired) electrons. The van der Waals surface area contributed by atoms with Crippen molar-refractivity contribution >= 4 is 5.78 Å². The fourth-order valence-corrected chi connectivity index (χ4v) is 1.25. The van der Waals surface area contributed by atoms with E-state index >= 15 is 0 Å². The fraction of sp³-hybridized carbons (Fsp3) is 0.364. The summed E-state index contributed by atoms with van der Waals surface area (Å²) >= 11 is 0. The summed E-state index contributed by atoms with van der Waals surface area (Å²) in [5.74, 6) is -0.323. The third kappa shape index (κ3) is 3.34. The van der Waals surface area contributed by atoms with Crippen LogP contribution in [0.4, 0.5) is 13.2 Å². The van der Waals surface area contributed by atoms with E-state index in [0.717, 1.165) is 12.1 Å². The number of rotatable bonds is 3. The van der Waals surface area contributed by atoms with Gasteiger partial charge in [-0.3, -0.25) is 4.79 Å². The molecule has 0 N–H and O–H groups in total. The van der Waals surface area contributed by atoms with Crippen LogP contribution in [0.3, 0.4) is 0 Å². The van der Waals surface area contributed by atoms with Crippen LogP contribution in [-0.4, -0.2) is 31.3 Å². The lowest BCUT2D eigenvalue weighted by Crippen LogP contribution is -2.22. The molecule has 1 aromatic carbocycles. The maximum Gasteiger partial charge on any atom is 0.416 e. The topological polar surface area (TPSA) is 20.3 Å². The van der Waals surface area contributed by atoms with Gasteiger partial charge in [-0.1, -0.05) is 12.1 Å². The molecule has 1 rings (SSSR count). The van der Waals surface area contributed by atoms with Gasteiger partial charge in [0.15, 0.2) is 5.78 Å². The summed E-state index contributed by atoms with van der Waals surface area (Å²) in [5, 5.41) is 0. The highest BCUT2D eigenvalue weighted by atomic mass is 19.4. The average molecular weight is 231 g/mol. The van der Waals surface area contributed by atoms with Crippen molar-refractivity contribution in [2.45, 2.75) is 6.18 Å². The number of ketones is 1. The van der Waals surface area contributed by atoms with E-state index in [9.17, 15) is 18.0 Å².